The fourth-order valence-electron chi connectivity index (χ4n) is 3.81. The number of hydrogen-bond donors (Lipinski definition) is 2. The lowest BCUT2D eigenvalue weighted by Crippen LogP contribution is -2.51. The summed E-state index contributed by atoms with van der Waals surface area (Å²) in [6.45, 7) is 11.1. The summed E-state index contributed by atoms with van der Waals surface area (Å²) >= 11 is 0. The number of benzene rings is 1. The van der Waals surface area contributed by atoms with Crippen molar-refractivity contribution in [2.45, 2.75) is 45.4 Å². The number of rotatable bonds is 9. The third-order valence-electron chi connectivity index (χ3n) is 5.38. The van der Waals surface area contributed by atoms with Crippen molar-refractivity contribution >= 4 is 29.9 Å². The molecule has 2 aliphatic rings. The second kappa shape index (κ2) is 13.4. The summed E-state index contributed by atoms with van der Waals surface area (Å²) in [6, 6.07) is 10.9. The number of morpholine rings is 1. The number of aliphatic imine (C=N–C) groups is 1. The van der Waals surface area contributed by atoms with E-state index in [0.29, 0.717) is 25.2 Å². The van der Waals surface area contributed by atoms with Crippen LogP contribution in [0.2, 0.25) is 0 Å². The van der Waals surface area contributed by atoms with E-state index in [0.717, 1.165) is 38.7 Å². The molecule has 164 valence electrons. The summed E-state index contributed by atoms with van der Waals surface area (Å²) in [4.78, 5) is 7.31. The molecular formula is C22H37IN4O2. The number of hydrogen-bond acceptors (Lipinski definition) is 4. The molecule has 2 N–H and O–H groups in total. The minimum absolute atomic E-state index is 0. The van der Waals surface area contributed by atoms with Gasteiger partial charge in [-0.1, -0.05) is 37.3 Å². The van der Waals surface area contributed by atoms with Crippen LogP contribution in [0.3, 0.4) is 0 Å². The van der Waals surface area contributed by atoms with Crippen LogP contribution in [-0.2, 0) is 16.1 Å². The van der Waals surface area contributed by atoms with Gasteiger partial charge in [0.15, 0.2) is 5.96 Å². The maximum absolute atomic E-state index is 6.03. The van der Waals surface area contributed by atoms with E-state index < -0.39 is 0 Å². The van der Waals surface area contributed by atoms with Crippen LogP contribution in [0, 0.1) is 5.92 Å². The molecule has 0 aromatic heterocycles. The molecule has 0 amide bonds. The van der Waals surface area contributed by atoms with Gasteiger partial charge in [0, 0.05) is 32.2 Å². The SMILES string of the molecule is CCNC(=NCC(C)COCc1ccccc1)NCC1CN2CCCC2CO1.I. The van der Waals surface area contributed by atoms with Gasteiger partial charge in [0.1, 0.15) is 0 Å². The van der Waals surface area contributed by atoms with E-state index in [4.69, 9.17) is 14.5 Å². The molecule has 29 heavy (non-hydrogen) atoms. The van der Waals surface area contributed by atoms with Crippen LogP contribution in [0.4, 0.5) is 0 Å². The fourth-order valence-corrected chi connectivity index (χ4v) is 3.81. The van der Waals surface area contributed by atoms with Crippen LogP contribution < -0.4 is 10.6 Å². The molecule has 1 aromatic carbocycles. The van der Waals surface area contributed by atoms with Crippen molar-refractivity contribution < 1.29 is 9.47 Å². The van der Waals surface area contributed by atoms with Crippen LogP contribution >= 0.6 is 24.0 Å². The first-order valence-corrected chi connectivity index (χ1v) is 10.7. The molecule has 6 nitrogen and oxygen atoms in total. The lowest BCUT2D eigenvalue weighted by Gasteiger charge is -2.35. The zero-order chi connectivity index (χ0) is 19.6. The van der Waals surface area contributed by atoms with Gasteiger partial charge in [0.05, 0.1) is 25.9 Å². The van der Waals surface area contributed by atoms with Crippen LogP contribution in [0.25, 0.3) is 0 Å². The van der Waals surface area contributed by atoms with Gasteiger partial charge in [0.2, 0.25) is 0 Å². The quantitative estimate of drug-likeness (QED) is 0.301. The highest BCUT2D eigenvalue weighted by atomic mass is 127. The Morgan fingerprint density at radius 2 is 2.14 bits per heavy atom. The first kappa shape index (κ1) is 24.4. The molecule has 2 fully saturated rings. The third-order valence-corrected chi connectivity index (χ3v) is 5.38. The predicted octanol–water partition coefficient (Wildman–Crippen LogP) is 2.88. The Labute approximate surface area is 192 Å². The fraction of sp³-hybridized carbons (Fsp3) is 0.682. The Kier molecular flexibility index (Phi) is 11.3. The number of fused-ring (bicyclic) bond motifs is 1. The second-order valence-corrected chi connectivity index (χ2v) is 7.95. The van der Waals surface area contributed by atoms with Gasteiger partial charge in [-0.15, -0.1) is 24.0 Å². The van der Waals surface area contributed by atoms with Gasteiger partial charge >= 0.3 is 0 Å². The molecule has 0 spiro atoms. The molecule has 3 atom stereocenters. The topological polar surface area (TPSA) is 58.1 Å². The Balaban J connectivity index is 0.00000300. The molecular weight excluding hydrogens is 479 g/mol. The van der Waals surface area contributed by atoms with Crippen LogP contribution in [0.15, 0.2) is 35.3 Å². The van der Waals surface area contributed by atoms with Crippen molar-refractivity contribution in [2.24, 2.45) is 10.9 Å². The van der Waals surface area contributed by atoms with E-state index in [1.54, 1.807) is 0 Å². The zero-order valence-corrected chi connectivity index (χ0v) is 20.1. The highest BCUT2D eigenvalue weighted by molar-refractivity contribution is 14.0. The van der Waals surface area contributed by atoms with Crippen LogP contribution in [0.5, 0.6) is 0 Å². The van der Waals surface area contributed by atoms with E-state index in [9.17, 15) is 0 Å². The summed E-state index contributed by atoms with van der Waals surface area (Å²) in [7, 11) is 0. The predicted molar refractivity (Wildman–Crippen MR) is 129 cm³/mol. The lowest BCUT2D eigenvalue weighted by molar-refractivity contribution is -0.0453. The minimum atomic E-state index is 0. The standard InChI is InChI=1S/C22H36N4O2.HI/c1-3-23-22(25-13-21-14-26-11-7-10-20(26)17-28-21)24-12-18(2)15-27-16-19-8-5-4-6-9-19;/h4-6,8-9,18,20-21H,3,7,10-17H2,1-2H3,(H2,23,24,25);1H. The molecule has 0 radical (unpaired) electrons. The number of ether oxygens (including phenoxy) is 2. The van der Waals surface area contributed by atoms with Crippen molar-refractivity contribution in [1.29, 1.82) is 0 Å². The molecule has 3 unspecified atom stereocenters. The molecule has 0 bridgehead atoms. The first-order chi connectivity index (χ1) is 13.7. The van der Waals surface area contributed by atoms with Crippen molar-refractivity contribution in [3.8, 4) is 0 Å². The molecule has 7 heteroatoms. The average Bonchev–Trinajstić information content (AvgIpc) is 3.19. The maximum Gasteiger partial charge on any atom is 0.191 e. The van der Waals surface area contributed by atoms with Gasteiger partial charge in [-0.05, 0) is 37.8 Å². The van der Waals surface area contributed by atoms with E-state index in [1.165, 1.54) is 24.9 Å². The van der Waals surface area contributed by atoms with Crippen molar-refractivity contribution in [1.82, 2.24) is 15.5 Å². The summed E-state index contributed by atoms with van der Waals surface area (Å²) < 4.78 is 11.9. The maximum atomic E-state index is 6.03. The Morgan fingerprint density at radius 1 is 1.31 bits per heavy atom. The molecule has 2 heterocycles. The van der Waals surface area contributed by atoms with Crippen molar-refractivity contribution in [2.75, 3.05) is 45.9 Å². The molecule has 0 saturated carbocycles. The normalized spacial score (nSPS) is 23.2. The molecule has 2 aliphatic heterocycles. The van der Waals surface area contributed by atoms with Gasteiger partial charge in [-0.25, -0.2) is 0 Å². The number of halogens is 1. The number of nitrogens with one attached hydrogen (secondary N) is 2. The molecule has 1 aromatic rings. The van der Waals surface area contributed by atoms with Gasteiger partial charge in [-0.3, -0.25) is 9.89 Å². The highest BCUT2D eigenvalue weighted by Crippen LogP contribution is 2.22. The average molecular weight is 516 g/mol. The number of guanidine groups is 1. The summed E-state index contributed by atoms with van der Waals surface area (Å²) in [5.41, 5.74) is 1.21. The smallest absolute Gasteiger partial charge is 0.191 e. The van der Waals surface area contributed by atoms with E-state index >= 15 is 0 Å². The Morgan fingerprint density at radius 3 is 2.93 bits per heavy atom. The van der Waals surface area contributed by atoms with Crippen LogP contribution in [-0.4, -0.2) is 68.9 Å². The van der Waals surface area contributed by atoms with Crippen molar-refractivity contribution in [3.05, 3.63) is 35.9 Å². The largest absolute Gasteiger partial charge is 0.376 e. The van der Waals surface area contributed by atoms with Crippen molar-refractivity contribution in [3.63, 3.8) is 0 Å². The minimum Gasteiger partial charge on any atom is -0.376 e. The Bertz CT molecular complexity index is 602. The molecule has 0 aliphatic carbocycles. The van der Waals surface area contributed by atoms with Gasteiger partial charge < -0.3 is 20.1 Å². The summed E-state index contributed by atoms with van der Waals surface area (Å²) in [5, 5.41) is 6.79. The summed E-state index contributed by atoms with van der Waals surface area (Å²) in [6.07, 6.45) is 2.83. The van der Waals surface area contributed by atoms with E-state index in [1.807, 2.05) is 18.2 Å². The number of nitrogens with zero attached hydrogens (tertiary/aromatic N) is 2. The zero-order valence-electron chi connectivity index (χ0n) is 17.8. The second-order valence-electron chi connectivity index (χ2n) is 7.95. The third kappa shape index (κ3) is 8.39. The Hall–Kier alpha value is -0.900. The highest BCUT2D eigenvalue weighted by Gasteiger charge is 2.32. The molecule has 3 rings (SSSR count). The molecule has 2 saturated heterocycles. The monoisotopic (exact) mass is 516 g/mol. The lowest BCUT2D eigenvalue weighted by atomic mass is 10.2. The van der Waals surface area contributed by atoms with Crippen LogP contribution in [0.1, 0.15) is 32.3 Å². The van der Waals surface area contributed by atoms with Gasteiger partial charge in [0.25, 0.3) is 0 Å². The summed E-state index contributed by atoms with van der Waals surface area (Å²) in [5.74, 6) is 1.24. The van der Waals surface area contributed by atoms with E-state index in [-0.39, 0.29) is 30.1 Å². The van der Waals surface area contributed by atoms with E-state index in [2.05, 4.69) is 41.5 Å². The first-order valence-electron chi connectivity index (χ1n) is 10.7. The van der Waals surface area contributed by atoms with Gasteiger partial charge in [-0.2, -0.15) is 0 Å².